The maximum absolute atomic E-state index is 14.2. The molecule has 0 saturated carbocycles. The highest BCUT2D eigenvalue weighted by atomic mass is 19.1. The molecule has 0 bridgehead atoms. The largest absolute Gasteiger partial charge is 0.495 e. The van der Waals surface area contributed by atoms with E-state index < -0.39 is 0 Å². The molecule has 2 nitrogen and oxygen atoms in total. The van der Waals surface area contributed by atoms with Crippen molar-refractivity contribution in [1.82, 2.24) is 4.48 Å². The first-order valence-electron chi connectivity index (χ1n) is 10.2. The summed E-state index contributed by atoms with van der Waals surface area (Å²) in [7, 11) is 0.627. The number of hydrogen-bond donors (Lipinski definition) is 0. The minimum atomic E-state index is 0.627. The summed E-state index contributed by atoms with van der Waals surface area (Å²) in [5, 5.41) is 0. The fraction of sp³-hybridized carbons (Fsp3) is 0. The zero-order chi connectivity index (χ0) is 21.0. The Kier molecular flexibility index (Phi) is 5.20. The molecule has 3 aromatic carbocycles. The normalized spacial score (nSPS) is 14.4. The third-order valence-electron chi connectivity index (χ3n) is 5.37. The fourth-order valence-electron chi connectivity index (χ4n) is 3.90. The molecule has 4 heteroatoms. The van der Waals surface area contributed by atoms with Crippen molar-refractivity contribution in [3.63, 3.8) is 0 Å². The highest BCUT2D eigenvalue weighted by Crippen LogP contribution is 2.34. The van der Waals surface area contributed by atoms with Crippen molar-refractivity contribution >= 4 is 19.0 Å². The summed E-state index contributed by atoms with van der Waals surface area (Å²) >= 11 is 0. The number of hydrogen-bond acceptors (Lipinski definition) is 1. The Morgan fingerprint density at radius 2 is 1.29 bits per heavy atom. The van der Waals surface area contributed by atoms with Gasteiger partial charge < -0.3 is 8.79 Å². The first-order valence-corrected chi connectivity index (χ1v) is 10.2. The van der Waals surface area contributed by atoms with Gasteiger partial charge in [0.1, 0.15) is 0 Å². The van der Waals surface area contributed by atoms with E-state index >= 15 is 0 Å². The van der Waals surface area contributed by atoms with Crippen LogP contribution in [0.3, 0.4) is 0 Å². The third-order valence-corrected chi connectivity index (χ3v) is 5.37. The zero-order valence-corrected chi connectivity index (χ0v) is 16.8. The van der Waals surface area contributed by atoms with Gasteiger partial charge in [-0.05, 0) is 35.4 Å². The molecule has 0 fully saturated rings. The molecule has 0 amide bonds. The molecular formula is C27H19BFN2. The number of aromatic nitrogens is 1. The van der Waals surface area contributed by atoms with Crippen LogP contribution in [-0.4, -0.2) is 17.9 Å². The van der Waals surface area contributed by atoms with Gasteiger partial charge in [-0.15, -0.1) is 0 Å². The molecule has 0 saturated heterocycles. The number of allylic oxidation sites excluding steroid dienone is 2. The van der Waals surface area contributed by atoms with Crippen LogP contribution >= 0.6 is 0 Å². The quantitative estimate of drug-likeness (QED) is 0.348. The fourth-order valence-corrected chi connectivity index (χ4v) is 3.90. The Balaban J connectivity index is 1.70. The molecule has 1 aliphatic heterocycles. The van der Waals surface area contributed by atoms with Gasteiger partial charge in [-0.3, -0.25) is 0 Å². The lowest BCUT2D eigenvalue weighted by molar-refractivity contribution is 0.834. The van der Waals surface area contributed by atoms with Gasteiger partial charge in [-0.2, -0.15) is 0 Å². The maximum Gasteiger partial charge on any atom is 0.495 e. The van der Waals surface area contributed by atoms with E-state index in [1.165, 1.54) is 0 Å². The predicted molar refractivity (Wildman–Crippen MR) is 127 cm³/mol. The summed E-state index contributed by atoms with van der Waals surface area (Å²) < 4.78 is 15.8. The second-order valence-corrected chi connectivity index (χ2v) is 7.26. The summed E-state index contributed by atoms with van der Waals surface area (Å²) in [6.45, 7) is 0. The molecule has 147 valence electrons. The number of rotatable bonds is 5. The SMILES string of the molecule is F[B]n1c(/C(=C2/C=CC(c3ccccc3)=N2)c2ccccc2)ccc1-c1ccccc1. The van der Waals surface area contributed by atoms with E-state index in [1.807, 2.05) is 115 Å². The molecule has 5 rings (SSSR count). The van der Waals surface area contributed by atoms with E-state index in [0.29, 0.717) is 7.69 Å². The molecular weight excluding hydrogens is 382 g/mol. The van der Waals surface area contributed by atoms with Crippen LogP contribution < -0.4 is 0 Å². The number of benzene rings is 3. The van der Waals surface area contributed by atoms with Crippen molar-refractivity contribution in [3.05, 3.63) is 138 Å². The molecule has 2 heterocycles. The van der Waals surface area contributed by atoms with E-state index in [1.54, 1.807) is 4.48 Å². The van der Waals surface area contributed by atoms with Crippen LogP contribution in [0.5, 0.6) is 0 Å². The van der Waals surface area contributed by atoms with Gasteiger partial charge in [0.05, 0.1) is 11.4 Å². The van der Waals surface area contributed by atoms with Crippen LogP contribution in [0.15, 0.2) is 126 Å². The monoisotopic (exact) mass is 401 g/mol. The second kappa shape index (κ2) is 8.45. The molecule has 0 unspecified atom stereocenters. The van der Waals surface area contributed by atoms with Crippen molar-refractivity contribution in [1.29, 1.82) is 0 Å². The summed E-state index contributed by atoms with van der Waals surface area (Å²) in [6.07, 6.45) is 4.01. The van der Waals surface area contributed by atoms with E-state index in [9.17, 15) is 4.32 Å². The topological polar surface area (TPSA) is 17.3 Å². The van der Waals surface area contributed by atoms with E-state index in [2.05, 4.69) is 0 Å². The van der Waals surface area contributed by atoms with Crippen LogP contribution in [0.25, 0.3) is 16.8 Å². The molecule has 4 aromatic rings. The van der Waals surface area contributed by atoms with Crippen molar-refractivity contribution < 1.29 is 4.32 Å². The Morgan fingerprint density at radius 3 is 1.94 bits per heavy atom. The van der Waals surface area contributed by atoms with E-state index in [0.717, 1.165) is 45.1 Å². The summed E-state index contributed by atoms with van der Waals surface area (Å²) in [4.78, 5) is 4.90. The van der Waals surface area contributed by atoms with E-state index in [4.69, 9.17) is 4.99 Å². The lowest BCUT2D eigenvalue weighted by Gasteiger charge is -2.14. The highest BCUT2D eigenvalue weighted by Gasteiger charge is 2.20. The minimum Gasteiger partial charge on any atom is -0.358 e. The molecule has 1 aromatic heterocycles. The molecule has 0 atom stereocenters. The van der Waals surface area contributed by atoms with Crippen molar-refractivity contribution in [3.8, 4) is 11.3 Å². The molecule has 0 aliphatic carbocycles. The Bertz CT molecular complexity index is 1290. The Hall–Kier alpha value is -3.92. The zero-order valence-electron chi connectivity index (χ0n) is 16.8. The molecule has 31 heavy (non-hydrogen) atoms. The van der Waals surface area contributed by atoms with Gasteiger partial charge in [-0.1, -0.05) is 91.0 Å². The van der Waals surface area contributed by atoms with Crippen LogP contribution in [-0.2, 0) is 0 Å². The Labute approximate surface area is 182 Å². The van der Waals surface area contributed by atoms with Gasteiger partial charge in [0.2, 0.25) is 0 Å². The molecule has 1 radical (unpaired) electrons. The van der Waals surface area contributed by atoms with Crippen molar-refractivity contribution in [2.45, 2.75) is 0 Å². The molecule has 0 N–H and O–H groups in total. The van der Waals surface area contributed by atoms with Gasteiger partial charge in [0.15, 0.2) is 0 Å². The number of aliphatic imine (C=N–C) groups is 1. The predicted octanol–water partition coefficient (Wildman–Crippen LogP) is 6.33. The number of nitrogens with zero attached hydrogens (tertiary/aromatic N) is 2. The van der Waals surface area contributed by atoms with Gasteiger partial charge in [0.25, 0.3) is 0 Å². The van der Waals surface area contributed by atoms with Crippen LogP contribution in [0, 0.1) is 0 Å². The van der Waals surface area contributed by atoms with Crippen LogP contribution in [0.1, 0.15) is 16.8 Å². The summed E-state index contributed by atoms with van der Waals surface area (Å²) in [5.74, 6) is 0. The van der Waals surface area contributed by atoms with Crippen LogP contribution in [0.2, 0.25) is 0 Å². The Morgan fingerprint density at radius 1 is 0.677 bits per heavy atom. The summed E-state index contributed by atoms with van der Waals surface area (Å²) in [5.41, 5.74) is 7.14. The first kappa shape index (κ1) is 19.1. The second-order valence-electron chi connectivity index (χ2n) is 7.26. The van der Waals surface area contributed by atoms with Crippen molar-refractivity contribution in [2.75, 3.05) is 0 Å². The van der Waals surface area contributed by atoms with E-state index in [-0.39, 0.29) is 0 Å². The average molecular weight is 401 g/mol. The molecule has 0 spiro atoms. The first-order chi connectivity index (χ1) is 15.3. The third kappa shape index (κ3) is 3.68. The van der Waals surface area contributed by atoms with Crippen LogP contribution in [0.4, 0.5) is 4.32 Å². The summed E-state index contributed by atoms with van der Waals surface area (Å²) in [6, 6.07) is 33.8. The van der Waals surface area contributed by atoms with Gasteiger partial charge >= 0.3 is 7.69 Å². The lowest BCUT2D eigenvalue weighted by Crippen LogP contribution is -2.08. The standard InChI is InChI=1S/C27H19BFN2/c29-28-31-25(21-12-6-2-7-13-21)18-19-26(31)27(22-14-8-3-9-15-22)24-17-16-23(30-24)20-10-4-1-5-11-20/h1-19H/b27-24-. The maximum atomic E-state index is 14.2. The van der Waals surface area contributed by atoms with Gasteiger partial charge in [-0.25, -0.2) is 4.99 Å². The minimum absolute atomic E-state index is 0.627. The average Bonchev–Trinajstić information content (AvgIpc) is 3.49. The molecule has 1 aliphatic rings. The lowest BCUT2D eigenvalue weighted by atomic mass is 9.99. The highest BCUT2D eigenvalue weighted by molar-refractivity contribution is 6.26. The van der Waals surface area contributed by atoms with Gasteiger partial charge in [0, 0.05) is 22.5 Å². The smallest absolute Gasteiger partial charge is 0.358 e. The van der Waals surface area contributed by atoms with Crippen molar-refractivity contribution in [2.24, 2.45) is 4.99 Å². The number of halogens is 1.